The molecule has 1 heterocycles. The number of carbonyl (C=O) groups excluding carboxylic acids is 2. The van der Waals surface area contributed by atoms with E-state index in [-0.39, 0.29) is 17.6 Å². The Morgan fingerprint density at radius 2 is 2.10 bits per heavy atom. The summed E-state index contributed by atoms with van der Waals surface area (Å²) < 4.78 is 4.92. The van der Waals surface area contributed by atoms with Crippen LogP contribution in [0.4, 0.5) is 0 Å². The largest absolute Gasteiger partial charge is 0.465 e. The molecule has 1 aromatic carbocycles. The number of esters is 1. The summed E-state index contributed by atoms with van der Waals surface area (Å²) >= 11 is 0. The summed E-state index contributed by atoms with van der Waals surface area (Å²) in [5.41, 5.74) is 1.13. The molecule has 1 N–H and O–H groups in total. The molecule has 1 aromatic heterocycles. The maximum Gasteiger partial charge on any atom is 0.316 e. The van der Waals surface area contributed by atoms with Crippen molar-refractivity contribution in [3.8, 4) is 0 Å². The van der Waals surface area contributed by atoms with E-state index in [9.17, 15) is 14.4 Å². The van der Waals surface area contributed by atoms with Crippen molar-refractivity contribution in [2.24, 2.45) is 5.92 Å². The van der Waals surface area contributed by atoms with Crippen molar-refractivity contribution in [1.29, 1.82) is 0 Å². The fraction of sp³-hybridized carbons (Fsp3) is 0.312. The molecule has 1 unspecified atom stereocenters. The maximum absolute atomic E-state index is 12.5. The van der Waals surface area contributed by atoms with Crippen molar-refractivity contribution in [2.75, 3.05) is 6.61 Å². The molecule has 0 saturated heterocycles. The molecular weight excluding hydrogens is 270 g/mol. The first-order valence-corrected chi connectivity index (χ1v) is 6.98. The van der Waals surface area contributed by atoms with Gasteiger partial charge in [-0.15, -0.1) is 0 Å². The van der Waals surface area contributed by atoms with E-state index in [0.29, 0.717) is 29.4 Å². The van der Waals surface area contributed by atoms with E-state index in [1.165, 1.54) is 0 Å². The van der Waals surface area contributed by atoms with Crippen LogP contribution in [0.3, 0.4) is 0 Å². The molecule has 0 radical (unpaired) electrons. The van der Waals surface area contributed by atoms with Crippen molar-refractivity contribution in [1.82, 2.24) is 4.98 Å². The van der Waals surface area contributed by atoms with Gasteiger partial charge < -0.3 is 9.72 Å². The number of pyridine rings is 1. The molecule has 2 aromatic rings. The molecule has 3 rings (SSSR count). The highest BCUT2D eigenvalue weighted by Gasteiger charge is 2.36. The minimum Gasteiger partial charge on any atom is -0.465 e. The number of H-pyrrole nitrogens is 1. The van der Waals surface area contributed by atoms with Gasteiger partial charge in [0, 0.05) is 16.6 Å². The van der Waals surface area contributed by atoms with E-state index < -0.39 is 17.7 Å². The number of aromatic nitrogens is 1. The summed E-state index contributed by atoms with van der Waals surface area (Å²) in [6.45, 7) is 1.92. The van der Waals surface area contributed by atoms with Crippen LogP contribution in [0, 0.1) is 5.92 Å². The molecule has 0 saturated carbocycles. The summed E-state index contributed by atoms with van der Waals surface area (Å²) in [7, 11) is 0. The molecular formula is C16H15NO4. The molecule has 0 aliphatic heterocycles. The summed E-state index contributed by atoms with van der Waals surface area (Å²) in [5.74, 6) is -1.83. The van der Waals surface area contributed by atoms with Crippen molar-refractivity contribution < 1.29 is 14.3 Å². The number of aromatic amines is 1. The smallest absolute Gasteiger partial charge is 0.316 e. The Kier molecular flexibility index (Phi) is 3.33. The van der Waals surface area contributed by atoms with E-state index in [4.69, 9.17) is 4.74 Å². The van der Waals surface area contributed by atoms with E-state index in [1.54, 1.807) is 25.1 Å². The third-order valence-electron chi connectivity index (χ3n) is 3.80. The molecule has 1 atom stereocenters. The molecule has 0 fully saturated rings. The van der Waals surface area contributed by atoms with Gasteiger partial charge in [-0.25, -0.2) is 0 Å². The first-order valence-electron chi connectivity index (χ1n) is 6.98. The highest BCUT2D eigenvalue weighted by Crippen LogP contribution is 2.25. The quantitative estimate of drug-likeness (QED) is 0.674. The Balaban J connectivity index is 2.13. The number of Topliss-reactive ketones (excluding diaryl/α,β-unsaturated/α-hetero) is 1. The van der Waals surface area contributed by atoms with Gasteiger partial charge in [-0.2, -0.15) is 0 Å². The lowest BCUT2D eigenvalue weighted by Crippen LogP contribution is -2.35. The van der Waals surface area contributed by atoms with Crippen LogP contribution in [0.25, 0.3) is 10.9 Å². The zero-order chi connectivity index (χ0) is 15.0. The van der Waals surface area contributed by atoms with Gasteiger partial charge in [0.25, 0.3) is 0 Å². The molecule has 108 valence electrons. The van der Waals surface area contributed by atoms with Crippen LogP contribution in [0.2, 0.25) is 0 Å². The van der Waals surface area contributed by atoms with E-state index in [0.717, 1.165) is 0 Å². The normalized spacial score (nSPS) is 17.6. The molecule has 1 aliphatic carbocycles. The van der Waals surface area contributed by atoms with Crippen LogP contribution in [0.5, 0.6) is 0 Å². The van der Waals surface area contributed by atoms with Crippen molar-refractivity contribution in [3.63, 3.8) is 0 Å². The van der Waals surface area contributed by atoms with Crippen molar-refractivity contribution in [3.05, 3.63) is 45.7 Å². The lowest BCUT2D eigenvalue weighted by atomic mass is 9.84. The van der Waals surface area contributed by atoms with Crippen molar-refractivity contribution >= 4 is 22.7 Å². The molecule has 21 heavy (non-hydrogen) atoms. The molecule has 1 aliphatic rings. The van der Waals surface area contributed by atoms with Crippen LogP contribution in [-0.2, 0) is 16.0 Å². The zero-order valence-electron chi connectivity index (χ0n) is 11.6. The number of hydrogen-bond acceptors (Lipinski definition) is 4. The minimum atomic E-state index is -0.861. The number of hydrogen-bond donors (Lipinski definition) is 1. The zero-order valence-corrected chi connectivity index (χ0v) is 11.6. The number of carbonyl (C=O) groups is 2. The molecule has 0 spiro atoms. The lowest BCUT2D eigenvalue weighted by molar-refractivity contribution is -0.146. The third-order valence-corrected chi connectivity index (χ3v) is 3.80. The van der Waals surface area contributed by atoms with Gasteiger partial charge in [0.05, 0.1) is 12.2 Å². The lowest BCUT2D eigenvalue weighted by Gasteiger charge is -2.21. The van der Waals surface area contributed by atoms with Gasteiger partial charge in [-0.05, 0) is 31.9 Å². The second kappa shape index (κ2) is 5.16. The van der Waals surface area contributed by atoms with E-state index in [2.05, 4.69) is 4.98 Å². The van der Waals surface area contributed by atoms with Gasteiger partial charge >= 0.3 is 5.97 Å². The van der Waals surface area contributed by atoms with Gasteiger partial charge in [-0.3, -0.25) is 14.4 Å². The van der Waals surface area contributed by atoms with Crippen molar-refractivity contribution in [2.45, 2.75) is 19.8 Å². The van der Waals surface area contributed by atoms with E-state index >= 15 is 0 Å². The highest BCUT2D eigenvalue weighted by atomic mass is 16.5. The number of benzene rings is 1. The predicted octanol–water partition coefficient (Wildman–Crippen LogP) is 1.84. The Bertz CT molecular complexity index is 790. The number of aryl methyl sites for hydroxylation is 1. The number of ether oxygens (including phenoxy) is 1. The first kappa shape index (κ1) is 13.5. The number of nitrogens with one attached hydrogen (secondary N) is 1. The van der Waals surface area contributed by atoms with Crippen LogP contribution in [0.15, 0.2) is 29.1 Å². The first-order chi connectivity index (χ1) is 10.1. The Morgan fingerprint density at radius 1 is 1.33 bits per heavy atom. The van der Waals surface area contributed by atoms with Gasteiger partial charge in [0.15, 0.2) is 11.2 Å². The Hall–Kier alpha value is -2.43. The Labute approximate surface area is 120 Å². The van der Waals surface area contributed by atoms with E-state index in [1.807, 2.05) is 6.07 Å². The molecule has 0 bridgehead atoms. The number of fused-ring (bicyclic) bond motifs is 2. The van der Waals surface area contributed by atoms with Crippen LogP contribution < -0.4 is 5.43 Å². The second-order valence-corrected chi connectivity index (χ2v) is 5.06. The summed E-state index contributed by atoms with van der Waals surface area (Å²) in [6.07, 6.45) is 0.865. The summed E-state index contributed by atoms with van der Waals surface area (Å²) in [4.78, 5) is 40.0. The number of ketones is 1. The molecule has 5 heteroatoms. The summed E-state index contributed by atoms with van der Waals surface area (Å²) in [5, 5.41) is 0.467. The highest BCUT2D eigenvalue weighted by molar-refractivity contribution is 6.11. The fourth-order valence-corrected chi connectivity index (χ4v) is 2.80. The number of rotatable bonds is 2. The SMILES string of the molecule is CCOC(=O)C1CCc2[nH]c3ccccc3c(=O)c2C1=O. The van der Waals surface area contributed by atoms with Crippen LogP contribution in [-0.4, -0.2) is 23.3 Å². The average Bonchev–Trinajstić information content (AvgIpc) is 2.47. The van der Waals surface area contributed by atoms with Gasteiger partial charge in [-0.1, -0.05) is 12.1 Å². The van der Waals surface area contributed by atoms with Gasteiger partial charge in [0.2, 0.25) is 0 Å². The van der Waals surface area contributed by atoms with Crippen LogP contribution in [0.1, 0.15) is 29.4 Å². The molecule has 5 nitrogen and oxygen atoms in total. The predicted molar refractivity (Wildman–Crippen MR) is 77.3 cm³/mol. The second-order valence-electron chi connectivity index (χ2n) is 5.06. The standard InChI is InChI=1S/C16H15NO4/c1-2-21-16(20)10-7-8-12-13(15(10)19)14(18)9-5-3-4-6-11(9)17-12/h3-6,10H,2,7-8H2,1H3,(H,17,18). The summed E-state index contributed by atoms with van der Waals surface area (Å²) in [6, 6.07) is 7.06. The monoisotopic (exact) mass is 285 g/mol. The fourth-order valence-electron chi connectivity index (χ4n) is 2.80. The maximum atomic E-state index is 12.5. The average molecular weight is 285 g/mol. The third kappa shape index (κ3) is 2.14. The number of para-hydroxylation sites is 1. The van der Waals surface area contributed by atoms with Crippen LogP contribution >= 0.6 is 0 Å². The topological polar surface area (TPSA) is 76.2 Å². The Morgan fingerprint density at radius 3 is 2.86 bits per heavy atom. The molecule has 0 amide bonds. The van der Waals surface area contributed by atoms with Gasteiger partial charge in [0.1, 0.15) is 5.92 Å². The minimum absolute atomic E-state index is 0.109.